The largest absolute Gasteiger partial charge is 0.854 e. The summed E-state index contributed by atoms with van der Waals surface area (Å²) in [6.07, 6.45) is 28.2. The van der Waals surface area contributed by atoms with Crippen molar-refractivity contribution in [2.24, 2.45) is 56.7 Å². The van der Waals surface area contributed by atoms with Gasteiger partial charge < -0.3 is 14.3 Å². The van der Waals surface area contributed by atoms with Gasteiger partial charge in [-0.1, -0.05) is 118 Å². The number of hydrogen-bond acceptors (Lipinski definition) is 3. The molecule has 4 nitrogen and oxygen atoms in total. The Bertz CT molecular complexity index is 1210. The molecule has 0 radical (unpaired) electrons. The smallest absolute Gasteiger partial charge is 0.362 e. The zero-order valence-corrected chi connectivity index (χ0v) is 36.0. The Labute approximate surface area is 322 Å². The first-order chi connectivity index (χ1) is 24.5. The Morgan fingerprint density at radius 3 is 1.94 bits per heavy atom. The highest BCUT2D eigenvalue weighted by molar-refractivity contribution is 5.70. The number of hydrogen-bond donors (Lipinski definition) is 0. The van der Waals surface area contributed by atoms with Crippen molar-refractivity contribution in [3.8, 4) is 0 Å². The molecule has 0 N–H and O–H groups in total. The van der Waals surface area contributed by atoms with Gasteiger partial charge in [-0.25, -0.2) is 4.79 Å². The molecule has 10 atom stereocenters. The molecule has 5 fully saturated rings. The van der Waals surface area contributed by atoms with Crippen LogP contribution in [-0.4, -0.2) is 50.3 Å². The molecule has 0 aromatic carbocycles. The Morgan fingerprint density at radius 2 is 1.35 bits per heavy atom. The number of quaternary nitrogens is 1. The van der Waals surface area contributed by atoms with E-state index in [2.05, 4.69) is 69.1 Å². The first-order valence-electron chi connectivity index (χ1n) is 22.8. The van der Waals surface area contributed by atoms with Gasteiger partial charge in [0.25, 0.3) is 0 Å². The second-order valence-corrected chi connectivity index (χ2v) is 21.7. The number of carbonyl (C=O) groups excluding carboxylic acids is 1. The Balaban J connectivity index is 1.13. The van der Waals surface area contributed by atoms with E-state index in [4.69, 9.17) is 4.74 Å². The summed E-state index contributed by atoms with van der Waals surface area (Å²) in [6, 6.07) is 0. The molecule has 5 unspecified atom stereocenters. The Hall–Kier alpha value is -0.870. The van der Waals surface area contributed by atoms with Crippen LogP contribution in [0.5, 0.6) is 0 Å². The monoisotopic (exact) mass is 724 g/mol. The molecule has 52 heavy (non-hydrogen) atoms. The van der Waals surface area contributed by atoms with Gasteiger partial charge in [0, 0.05) is 5.41 Å². The van der Waals surface area contributed by atoms with Crippen LogP contribution in [0.4, 0.5) is 0 Å². The molecule has 0 spiro atoms. The number of rotatable bonds is 18. The van der Waals surface area contributed by atoms with E-state index in [1.54, 1.807) is 0 Å². The minimum absolute atomic E-state index is 0.00196. The van der Waals surface area contributed by atoms with Crippen LogP contribution >= 0.6 is 0 Å². The Morgan fingerprint density at radius 1 is 0.731 bits per heavy atom. The van der Waals surface area contributed by atoms with Crippen molar-refractivity contribution in [2.45, 2.75) is 196 Å². The fraction of sp³-hybridized carbons (Fsp3) is 0.938. The topological polar surface area (TPSA) is 49.4 Å². The van der Waals surface area contributed by atoms with Gasteiger partial charge in [0.05, 0.1) is 20.6 Å². The molecule has 0 aromatic rings. The van der Waals surface area contributed by atoms with Crippen LogP contribution in [0, 0.1) is 56.7 Å². The maximum Gasteiger partial charge on any atom is 0.362 e. The van der Waals surface area contributed by atoms with E-state index in [1.807, 2.05) is 0 Å². The highest BCUT2D eigenvalue weighted by Crippen LogP contribution is 2.77. The van der Waals surface area contributed by atoms with Crippen molar-refractivity contribution >= 4 is 5.97 Å². The Kier molecular flexibility index (Phi) is 13.6. The second kappa shape index (κ2) is 16.7. The number of allylic oxidation sites excluding steroid dienone is 1. The van der Waals surface area contributed by atoms with Gasteiger partial charge in [-0.15, -0.1) is 6.61 Å². The van der Waals surface area contributed by atoms with Crippen LogP contribution in [0.15, 0.2) is 12.2 Å². The van der Waals surface area contributed by atoms with Crippen LogP contribution in [0.3, 0.4) is 0 Å². The minimum Gasteiger partial charge on any atom is -0.854 e. The van der Waals surface area contributed by atoms with E-state index < -0.39 is 0 Å². The van der Waals surface area contributed by atoms with Crippen LogP contribution in [0.25, 0.3) is 0 Å². The van der Waals surface area contributed by atoms with Gasteiger partial charge in [-0.3, -0.25) is 0 Å². The summed E-state index contributed by atoms with van der Waals surface area (Å²) in [6.45, 7) is 23.5. The average Bonchev–Trinajstić information content (AvgIpc) is 3.47. The molecule has 0 heterocycles. The van der Waals surface area contributed by atoms with Crippen LogP contribution in [0.2, 0.25) is 0 Å². The van der Waals surface area contributed by atoms with E-state index in [-0.39, 0.29) is 45.8 Å². The summed E-state index contributed by atoms with van der Waals surface area (Å²) in [4.78, 5) is 13.6. The van der Waals surface area contributed by atoms with Gasteiger partial charge in [0.15, 0.2) is 6.54 Å². The highest BCUT2D eigenvalue weighted by Gasteiger charge is 2.70. The van der Waals surface area contributed by atoms with Crippen molar-refractivity contribution < 1.29 is 19.1 Å². The molecule has 0 bridgehead atoms. The van der Waals surface area contributed by atoms with Crippen LogP contribution in [0.1, 0.15) is 190 Å². The lowest BCUT2D eigenvalue weighted by Gasteiger charge is -2.73. The van der Waals surface area contributed by atoms with Crippen molar-refractivity contribution in [2.75, 3.05) is 33.8 Å². The molecule has 0 aliphatic heterocycles. The first-order valence-corrected chi connectivity index (χ1v) is 22.8. The molecule has 4 heteroatoms. The summed E-state index contributed by atoms with van der Waals surface area (Å²) in [5, 5.41) is 13.0. The number of unbranched alkanes of at least 4 members (excludes halogenated alkanes) is 11. The molecule has 0 saturated heterocycles. The fourth-order valence-electron chi connectivity index (χ4n) is 14.7. The minimum atomic E-state index is -0.0326. The molecular formula is C48H85NO3. The van der Waals surface area contributed by atoms with Crippen LogP contribution in [-0.2, 0) is 9.53 Å². The SMILES string of the molecule is C=C(C)C1CC[C@]2(C[O-])CC[C@]3(C)C(CCC4[C@@]5(C)CC[C@H](OC(=O)C[N+](C)(C)CCCCCCCCCCCCCC)C(C)(C)C5CC[C@]43C)C12. The third kappa shape index (κ3) is 8.02. The molecule has 300 valence electrons. The lowest BCUT2D eigenvalue weighted by atomic mass is 9.32. The summed E-state index contributed by atoms with van der Waals surface area (Å²) in [5.74, 6) is 2.95. The predicted molar refractivity (Wildman–Crippen MR) is 217 cm³/mol. The van der Waals surface area contributed by atoms with Gasteiger partial charge in [-0.2, -0.15) is 0 Å². The quantitative estimate of drug-likeness (QED) is 0.0612. The summed E-state index contributed by atoms with van der Waals surface area (Å²) < 4.78 is 7.26. The lowest BCUT2D eigenvalue weighted by molar-refractivity contribution is -0.883. The third-order valence-electron chi connectivity index (χ3n) is 17.9. The molecular weight excluding hydrogens is 639 g/mol. The number of esters is 1. The highest BCUT2D eigenvalue weighted by atomic mass is 16.5. The predicted octanol–water partition coefficient (Wildman–Crippen LogP) is 11.7. The van der Waals surface area contributed by atoms with Crippen molar-refractivity contribution in [3.05, 3.63) is 12.2 Å². The number of nitrogens with zero attached hydrogens (tertiary/aromatic N) is 1. The summed E-state index contributed by atoms with van der Waals surface area (Å²) in [5.41, 5.74) is 2.11. The molecule has 0 amide bonds. The zero-order chi connectivity index (χ0) is 38.0. The molecule has 5 aliphatic rings. The third-order valence-corrected chi connectivity index (χ3v) is 17.9. The normalized spacial score (nSPS) is 39.6. The average molecular weight is 724 g/mol. The number of fused-ring (bicyclic) bond motifs is 7. The number of ether oxygens (including phenoxy) is 1. The summed E-state index contributed by atoms with van der Waals surface area (Å²) >= 11 is 0. The molecule has 5 saturated carbocycles. The van der Waals surface area contributed by atoms with Gasteiger partial charge >= 0.3 is 5.97 Å². The first kappa shape index (κ1) is 42.3. The van der Waals surface area contributed by atoms with Crippen LogP contribution < -0.4 is 5.11 Å². The van der Waals surface area contributed by atoms with Crippen molar-refractivity contribution in [3.63, 3.8) is 0 Å². The zero-order valence-electron chi connectivity index (χ0n) is 36.0. The standard InChI is InChI=1S/C48H85NO3/c1-11-12-13-14-15-16-17-18-19-20-21-22-33-49(9,10)34-42(51)52-41-27-28-45(6)39(44(41,4)5)26-29-47(8)40(45)24-23-38-43-37(36(2)3)25-30-48(43,35-50)32-31-46(38,47)7/h37-41,43H,2,11-35H2,1,3-10H3/t37?,38?,39?,40?,41-,43?,45-,46+,47+,48+/m0/s1. The van der Waals surface area contributed by atoms with Gasteiger partial charge in [0.1, 0.15) is 6.10 Å². The van der Waals surface area contributed by atoms with E-state index in [1.165, 1.54) is 128 Å². The maximum absolute atomic E-state index is 13.6. The molecule has 5 rings (SSSR count). The van der Waals surface area contributed by atoms with E-state index in [9.17, 15) is 9.90 Å². The van der Waals surface area contributed by atoms with E-state index >= 15 is 0 Å². The maximum atomic E-state index is 13.6. The van der Waals surface area contributed by atoms with Crippen molar-refractivity contribution in [1.82, 2.24) is 0 Å². The molecule has 5 aliphatic carbocycles. The number of likely N-dealkylation sites (N-methyl/N-ethyl adjacent to an activating group) is 1. The summed E-state index contributed by atoms with van der Waals surface area (Å²) in [7, 11) is 4.44. The molecule has 0 aromatic heterocycles. The van der Waals surface area contributed by atoms with Gasteiger partial charge in [0.2, 0.25) is 0 Å². The lowest BCUT2D eigenvalue weighted by Crippen LogP contribution is -2.67. The van der Waals surface area contributed by atoms with Gasteiger partial charge in [-0.05, 0) is 135 Å². The second-order valence-electron chi connectivity index (χ2n) is 21.7. The number of carbonyl (C=O) groups is 1. The van der Waals surface area contributed by atoms with E-state index in [0.717, 1.165) is 30.3 Å². The van der Waals surface area contributed by atoms with E-state index in [0.29, 0.717) is 36.1 Å². The fourth-order valence-corrected chi connectivity index (χ4v) is 14.7. The van der Waals surface area contributed by atoms with Crippen molar-refractivity contribution in [1.29, 1.82) is 0 Å².